The van der Waals surface area contributed by atoms with E-state index >= 15 is 0 Å². The van der Waals surface area contributed by atoms with Crippen molar-refractivity contribution in [2.24, 2.45) is 5.92 Å². The van der Waals surface area contributed by atoms with Crippen LogP contribution in [-0.4, -0.2) is 10.9 Å². The van der Waals surface area contributed by atoms with Gasteiger partial charge in [-0.2, -0.15) is 0 Å². The summed E-state index contributed by atoms with van der Waals surface area (Å²) in [6, 6.07) is 7.94. The first-order valence-electron chi connectivity index (χ1n) is 6.51. The van der Waals surface area contributed by atoms with Crippen molar-refractivity contribution in [1.82, 2.24) is 0 Å². The van der Waals surface area contributed by atoms with Crippen molar-refractivity contribution < 1.29 is 9.90 Å². The topological polar surface area (TPSA) is 37.3 Å². The number of rotatable bonds is 3. The smallest absolute Gasteiger partial charge is 0.136 e. The average Bonchev–Trinajstić information content (AvgIpc) is 2.56. The molecule has 2 nitrogen and oxygen atoms in total. The predicted octanol–water partition coefficient (Wildman–Crippen LogP) is 2.87. The van der Waals surface area contributed by atoms with E-state index in [4.69, 9.17) is 5.11 Å². The highest BCUT2D eigenvalue weighted by Crippen LogP contribution is 2.23. The van der Waals surface area contributed by atoms with Gasteiger partial charge in [0.1, 0.15) is 5.78 Å². The number of Topliss-reactive ketones (excluding diaryl/α,β-unsaturated/α-hetero) is 1. The van der Waals surface area contributed by atoms with E-state index in [1.807, 2.05) is 24.3 Å². The molecule has 0 spiro atoms. The van der Waals surface area contributed by atoms with Crippen molar-refractivity contribution in [1.29, 1.82) is 0 Å². The first kappa shape index (κ1) is 12.3. The van der Waals surface area contributed by atoms with Crippen LogP contribution in [0.15, 0.2) is 24.3 Å². The second-order valence-corrected chi connectivity index (χ2v) is 4.94. The number of hydrogen-bond donors (Lipinski definition) is 1. The zero-order chi connectivity index (χ0) is 12.1. The number of hydrogen-bond acceptors (Lipinski definition) is 2. The van der Waals surface area contributed by atoms with Crippen molar-refractivity contribution in [3.8, 4) is 0 Å². The van der Waals surface area contributed by atoms with E-state index in [1.165, 1.54) is 18.4 Å². The molecule has 0 heterocycles. The van der Waals surface area contributed by atoms with Gasteiger partial charge in [-0.25, -0.2) is 0 Å². The van der Waals surface area contributed by atoms with Gasteiger partial charge in [0.2, 0.25) is 0 Å². The predicted molar refractivity (Wildman–Crippen MR) is 67.7 cm³/mol. The van der Waals surface area contributed by atoms with Gasteiger partial charge in [-0.15, -0.1) is 0 Å². The van der Waals surface area contributed by atoms with E-state index < -0.39 is 0 Å². The number of benzene rings is 1. The molecule has 0 amide bonds. The van der Waals surface area contributed by atoms with Crippen molar-refractivity contribution in [2.45, 2.75) is 45.1 Å². The number of aliphatic hydroxyl groups excluding tert-OH is 1. The Balaban J connectivity index is 2.00. The molecule has 0 bridgehead atoms. The summed E-state index contributed by atoms with van der Waals surface area (Å²) >= 11 is 0. The van der Waals surface area contributed by atoms with Crippen molar-refractivity contribution >= 4 is 5.78 Å². The van der Waals surface area contributed by atoms with Gasteiger partial charge in [0.15, 0.2) is 0 Å². The minimum atomic E-state index is 0.0860. The summed E-state index contributed by atoms with van der Waals surface area (Å²) in [5.74, 6) is 0.659. The van der Waals surface area contributed by atoms with Crippen molar-refractivity contribution in [2.75, 3.05) is 0 Å². The van der Waals surface area contributed by atoms with Gasteiger partial charge in [0, 0.05) is 12.3 Å². The van der Waals surface area contributed by atoms with E-state index in [-0.39, 0.29) is 12.5 Å². The van der Waals surface area contributed by atoms with Gasteiger partial charge in [0.05, 0.1) is 6.61 Å². The van der Waals surface area contributed by atoms with E-state index in [0.717, 1.165) is 31.2 Å². The number of carbonyl (C=O) groups excluding carboxylic acids is 1. The summed E-state index contributed by atoms with van der Waals surface area (Å²) in [5.41, 5.74) is 2.14. The van der Waals surface area contributed by atoms with Crippen LogP contribution in [0.25, 0.3) is 0 Å². The van der Waals surface area contributed by atoms with Gasteiger partial charge in [-0.3, -0.25) is 4.79 Å². The Labute approximate surface area is 103 Å². The van der Waals surface area contributed by atoms with Gasteiger partial charge in [-0.1, -0.05) is 37.1 Å². The molecule has 1 aromatic rings. The molecule has 0 aromatic heterocycles. The Hall–Kier alpha value is -1.15. The second kappa shape index (κ2) is 5.97. The average molecular weight is 232 g/mol. The lowest BCUT2D eigenvalue weighted by molar-refractivity contribution is -0.122. The third-order valence-electron chi connectivity index (χ3n) is 3.62. The number of aliphatic hydroxyl groups is 1. The molecular weight excluding hydrogens is 212 g/mol. The SMILES string of the molecule is O=C1CCCCCC1Cc1ccc(CO)cc1. The van der Waals surface area contributed by atoms with Crippen LogP contribution in [0.4, 0.5) is 0 Å². The summed E-state index contributed by atoms with van der Waals surface area (Å²) in [7, 11) is 0. The quantitative estimate of drug-likeness (QED) is 0.814. The van der Waals surface area contributed by atoms with E-state index in [2.05, 4.69) is 0 Å². The third-order valence-corrected chi connectivity index (χ3v) is 3.62. The molecule has 0 aliphatic heterocycles. The zero-order valence-corrected chi connectivity index (χ0v) is 10.2. The minimum absolute atomic E-state index is 0.0860. The van der Waals surface area contributed by atoms with Crippen LogP contribution >= 0.6 is 0 Å². The molecule has 0 radical (unpaired) electrons. The molecule has 2 heteroatoms. The molecule has 1 atom stereocenters. The van der Waals surface area contributed by atoms with Gasteiger partial charge >= 0.3 is 0 Å². The summed E-state index contributed by atoms with van der Waals surface area (Å²) in [6.07, 6.45) is 6.13. The maximum absolute atomic E-state index is 11.9. The highest BCUT2D eigenvalue weighted by atomic mass is 16.3. The molecule has 1 N–H and O–H groups in total. The Kier molecular flexibility index (Phi) is 4.32. The van der Waals surface area contributed by atoms with Crippen molar-refractivity contribution in [3.05, 3.63) is 35.4 Å². The van der Waals surface area contributed by atoms with Crippen molar-refractivity contribution in [3.63, 3.8) is 0 Å². The summed E-state index contributed by atoms with van der Waals surface area (Å²) in [4.78, 5) is 11.9. The van der Waals surface area contributed by atoms with Crippen LogP contribution < -0.4 is 0 Å². The fourth-order valence-electron chi connectivity index (χ4n) is 2.51. The molecule has 1 unspecified atom stereocenters. The maximum atomic E-state index is 11.9. The fourth-order valence-corrected chi connectivity index (χ4v) is 2.51. The van der Waals surface area contributed by atoms with Crippen LogP contribution in [0.5, 0.6) is 0 Å². The van der Waals surface area contributed by atoms with Crippen LogP contribution in [0, 0.1) is 5.92 Å². The Morgan fingerprint density at radius 3 is 2.47 bits per heavy atom. The standard InChI is InChI=1S/C15H20O2/c16-11-13-8-6-12(7-9-13)10-14-4-2-1-3-5-15(14)17/h6-9,14,16H,1-5,10-11H2. The van der Waals surface area contributed by atoms with Crippen LogP contribution in [0.1, 0.15) is 43.2 Å². The summed E-state index contributed by atoms with van der Waals surface area (Å²) in [5, 5.41) is 8.98. The Bertz CT molecular complexity index is 367. The van der Waals surface area contributed by atoms with Crippen LogP contribution in [-0.2, 0) is 17.8 Å². The number of carbonyl (C=O) groups is 1. The summed E-state index contributed by atoms with van der Waals surface area (Å²) < 4.78 is 0. The molecule has 92 valence electrons. The lowest BCUT2D eigenvalue weighted by Crippen LogP contribution is -2.15. The highest BCUT2D eigenvalue weighted by Gasteiger charge is 2.20. The fraction of sp³-hybridized carbons (Fsp3) is 0.533. The lowest BCUT2D eigenvalue weighted by atomic mass is 9.91. The monoisotopic (exact) mass is 232 g/mol. The Morgan fingerprint density at radius 1 is 1.06 bits per heavy atom. The van der Waals surface area contributed by atoms with Crippen LogP contribution in [0.2, 0.25) is 0 Å². The van der Waals surface area contributed by atoms with E-state index in [9.17, 15) is 4.79 Å². The van der Waals surface area contributed by atoms with Gasteiger partial charge < -0.3 is 5.11 Å². The molecule has 1 saturated carbocycles. The number of ketones is 1. The van der Waals surface area contributed by atoms with Gasteiger partial charge in [0.25, 0.3) is 0 Å². The molecule has 17 heavy (non-hydrogen) atoms. The molecule has 1 aromatic carbocycles. The van der Waals surface area contributed by atoms with Gasteiger partial charge in [-0.05, 0) is 30.4 Å². The van der Waals surface area contributed by atoms with E-state index in [1.54, 1.807) is 0 Å². The highest BCUT2D eigenvalue weighted by molar-refractivity contribution is 5.81. The zero-order valence-electron chi connectivity index (χ0n) is 10.2. The van der Waals surface area contributed by atoms with E-state index in [0.29, 0.717) is 5.78 Å². The molecule has 1 fully saturated rings. The molecular formula is C15H20O2. The second-order valence-electron chi connectivity index (χ2n) is 4.94. The van der Waals surface area contributed by atoms with Crippen LogP contribution in [0.3, 0.4) is 0 Å². The maximum Gasteiger partial charge on any atom is 0.136 e. The Morgan fingerprint density at radius 2 is 1.76 bits per heavy atom. The molecule has 1 aliphatic carbocycles. The first-order chi connectivity index (χ1) is 8.29. The summed E-state index contributed by atoms with van der Waals surface area (Å²) in [6.45, 7) is 0.0860. The molecule has 1 aliphatic rings. The third kappa shape index (κ3) is 3.40. The first-order valence-corrected chi connectivity index (χ1v) is 6.51. The molecule has 0 saturated heterocycles. The molecule has 2 rings (SSSR count). The normalized spacial score (nSPS) is 21.2. The lowest BCUT2D eigenvalue weighted by Gasteiger charge is -2.12. The largest absolute Gasteiger partial charge is 0.392 e. The minimum Gasteiger partial charge on any atom is -0.392 e.